The van der Waals surface area contributed by atoms with E-state index in [-0.39, 0.29) is 28.0 Å². The van der Waals surface area contributed by atoms with Gasteiger partial charge >= 0.3 is 0 Å². The van der Waals surface area contributed by atoms with E-state index in [9.17, 15) is 0 Å². The zero-order chi connectivity index (χ0) is 31.7. The van der Waals surface area contributed by atoms with Crippen LogP contribution in [0.5, 0.6) is 11.6 Å². The monoisotopic (exact) mass is 605 g/mol. The molecule has 0 atom stereocenters. The van der Waals surface area contributed by atoms with E-state index in [0.29, 0.717) is 44.0 Å². The molecule has 0 aliphatic heterocycles. The van der Waals surface area contributed by atoms with Gasteiger partial charge in [0.1, 0.15) is 11.9 Å². The highest BCUT2D eigenvalue weighted by Crippen LogP contribution is 2.31. The molecule has 8 nitrogen and oxygen atoms in total. The standard InChI is InChI=1S/C35H63N3O5/c1-32(2,3)24-42-27-11-12-31(36-23-27)43-30-19-26(20-30)38-35(9,10)14-13-34(7,8)25-39-17-18-41-29-21-28(22-29)40-16-15-37-33(4,5)6/h11-12,23,26,28-30,37-38H,13-22,24-25H2,1-10H3/t26-,28-,29-,30+. The molecule has 0 radical (unpaired) electrons. The summed E-state index contributed by atoms with van der Waals surface area (Å²) in [5.74, 6) is 1.45. The Morgan fingerprint density at radius 2 is 1.44 bits per heavy atom. The molecule has 248 valence electrons. The third kappa shape index (κ3) is 14.9. The molecule has 0 bridgehead atoms. The molecule has 8 heteroatoms. The van der Waals surface area contributed by atoms with Gasteiger partial charge in [0.15, 0.2) is 0 Å². The van der Waals surface area contributed by atoms with Gasteiger partial charge in [0.05, 0.1) is 51.4 Å². The molecule has 2 aliphatic rings. The van der Waals surface area contributed by atoms with Gasteiger partial charge in [-0.2, -0.15) is 0 Å². The third-order valence-electron chi connectivity index (χ3n) is 8.02. The molecule has 2 saturated carbocycles. The van der Waals surface area contributed by atoms with Crippen LogP contribution in [0.4, 0.5) is 0 Å². The van der Waals surface area contributed by atoms with Crippen molar-refractivity contribution in [2.75, 3.05) is 39.6 Å². The molecule has 2 fully saturated rings. The average molecular weight is 606 g/mol. The first-order chi connectivity index (χ1) is 20.0. The molecule has 43 heavy (non-hydrogen) atoms. The number of pyridine rings is 1. The normalized spacial score (nSPS) is 23.0. The van der Waals surface area contributed by atoms with Gasteiger partial charge in [-0.3, -0.25) is 0 Å². The first-order valence-corrected chi connectivity index (χ1v) is 16.6. The Hall–Kier alpha value is -1.45. The minimum atomic E-state index is 0.0615. The largest absolute Gasteiger partial charge is 0.491 e. The van der Waals surface area contributed by atoms with Crippen LogP contribution >= 0.6 is 0 Å². The summed E-state index contributed by atoms with van der Waals surface area (Å²) >= 11 is 0. The lowest BCUT2D eigenvalue weighted by Crippen LogP contribution is -2.54. The summed E-state index contributed by atoms with van der Waals surface area (Å²) in [6.45, 7) is 26.6. The van der Waals surface area contributed by atoms with Crippen LogP contribution in [0.15, 0.2) is 18.3 Å². The van der Waals surface area contributed by atoms with Crippen molar-refractivity contribution in [3.8, 4) is 11.6 Å². The summed E-state index contributed by atoms with van der Waals surface area (Å²) in [6, 6.07) is 4.33. The van der Waals surface area contributed by atoms with Gasteiger partial charge in [-0.1, -0.05) is 34.6 Å². The highest BCUT2D eigenvalue weighted by atomic mass is 16.5. The smallest absolute Gasteiger partial charge is 0.213 e. The van der Waals surface area contributed by atoms with E-state index >= 15 is 0 Å². The van der Waals surface area contributed by atoms with Crippen LogP contribution in [-0.4, -0.2) is 80.0 Å². The maximum atomic E-state index is 6.09. The van der Waals surface area contributed by atoms with Crippen molar-refractivity contribution in [1.29, 1.82) is 0 Å². The fourth-order valence-corrected chi connectivity index (χ4v) is 5.18. The predicted octanol–water partition coefficient (Wildman–Crippen LogP) is 6.56. The number of rotatable bonds is 19. The minimum Gasteiger partial charge on any atom is -0.491 e. The lowest BCUT2D eigenvalue weighted by Gasteiger charge is -2.42. The van der Waals surface area contributed by atoms with Gasteiger partial charge < -0.3 is 34.3 Å². The fourth-order valence-electron chi connectivity index (χ4n) is 5.18. The SMILES string of the molecule is CC(C)(C)COc1ccc(O[C@H]2C[C@@H](NC(C)(C)CCC(C)(C)COCCO[C@H]3C[C@H](OCCNC(C)(C)C)C3)C2)nc1. The maximum Gasteiger partial charge on any atom is 0.213 e. The molecule has 0 saturated heterocycles. The van der Waals surface area contributed by atoms with Crippen molar-refractivity contribution in [1.82, 2.24) is 15.6 Å². The van der Waals surface area contributed by atoms with Gasteiger partial charge in [0.25, 0.3) is 0 Å². The Kier molecular flexibility index (Phi) is 13.2. The Morgan fingerprint density at radius 1 is 0.767 bits per heavy atom. The third-order valence-corrected chi connectivity index (χ3v) is 8.02. The molecule has 0 aromatic carbocycles. The Bertz CT molecular complexity index is 926. The van der Waals surface area contributed by atoms with E-state index in [4.69, 9.17) is 23.7 Å². The number of ether oxygens (including phenoxy) is 5. The molecule has 1 aromatic rings. The molecule has 0 amide bonds. The summed E-state index contributed by atoms with van der Waals surface area (Å²) in [4.78, 5) is 4.44. The van der Waals surface area contributed by atoms with Gasteiger partial charge in [-0.25, -0.2) is 4.98 Å². The molecule has 0 unspecified atom stereocenters. The molecular weight excluding hydrogens is 542 g/mol. The highest BCUT2D eigenvalue weighted by molar-refractivity contribution is 5.23. The van der Waals surface area contributed by atoms with E-state index in [1.807, 2.05) is 12.1 Å². The average Bonchev–Trinajstić information content (AvgIpc) is 2.84. The summed E-state index contributed by atoms with van der Waals surface area (Å²) in [5.41, 5.74) is 0.444. The number of hydrogen-bond donors (Lipinski definition) is 2. The highest BCUT2D eigenvalue weighted by Gasteiger charge is 2.35. The Morgan fingerprint density at radius 3 is 2.05 bits per heavy atom. The second kappa shape index (κ2) is 15.7. The predicted molar refractivity (Wildman–Crippen MR) is 174 cm³/mol. The maximum absolute atomic E-state index is 6.09. The van der Waals surface area contributed by atoms with Crippen LogP contribution in [0.25, 0.3) is 0 Å². The second-order valence-corrected chi connectivity index (χ2v) is 16.5. The van der Waals surface area contributed by atoms with Gasteiger partial charge in [0.2, 0.25) is 5.88 Å². The van der Waals surface area contributed by atoms with E-state index < -0.39 is 0 Å². The fraction of sp³-hybridized carbons (Fsp3) is 0.857. The summed E-state index contributed by atoms with van der Waals surface area (Å²) < 4.78 is 29.8. The van der Waals surface area contributed by atoms with Crippen LogP contribution in [0.3, 0.4) is 0 Å². The van der Waals surface area contributed by atoms with Crippen LogP contribution in [0, 0.1) is 10.8 Å². The number of aromatic nitrogens is 1. The number of hydrogen-bond acceptors (Lipinski definition) is 8. The van der Waals surface area contributed by atoms with Gasteiger partial charge in [-0.05, 0) is 90.0 Å². The van der Waals surface area contributed by atoms with Gasteiger partial charge in [0, 0.05) is 29.7 Å². The molecule has 2 N–H and O–H groups in total. The van der Waals surface area contributed by atoms with E-state index in [1.54, 1.807) is 6.20 Å². The molecule has 1 aromatic heterocycles. The molecule has 0 spiro atoms. The van der Waals surface area contributed by atoms with E-state index in [2.05, 4.69) is 84.9 Å². The minimum absolute atomic E-state index is 0.0615. The first-order valence-electron chi connectivity index (χ1n) is 16.6. The van der Waals surface area contributed by atoms with Crippen molar-refractivity contribution in [3.05, 3.63) is 18.3 Å². The number of nitrogens with zero attached hydrogens (tertiary/aromatic N) is 1. The Balaban J connectivity index is 1.20. The summed E-state index contributed by atoms with van der Waals surface area (Å²) in [6.07, 6.45) is 8.81. The molecule has 3 rings (SSSR count). The van der Waals surface area contributed by atoms with Crippen LogP contribution < -0.4 is 20.1 Å². The Labute approximate surface area is 262 Å². The summed E-state index contributed by atoms with van der Waals surface area (Å²) in [5, 5.41) is 7.31. The van der Waals surface area contributed by atoms with Crippen molar-refractivity contribution in [2.24, 2.45) is 10.8 Å². The van der Waals surface area contributed by atoms with Crippen molar-refractivity contribution < 1.29 is 23.7 Å². The summed E-state index contributed by atoms with van der Waals surface area (Å²) in [7, 11) is 0. The van der Waals surface area contributed by atoms with Crippen molar-refractivity contribution in [2.45, 2.75) is 143 Å². The molecule has 1 heterocycles. The van der Waals surface area contributed by atoms with Crippen molar-refractivity contribution in [3.63, 3.8) is 0 Å². The lowest BCUT2D eigenvalue weighted by molar-refractivity contribution is -0.111. The van der Waals surface area contributed by atoms with E-state index in [1.165, 1.54) is 0 Å². The molecule has 2 aliphatic carbocycles. The van der Waals surface area contributed by atoms with Crippen LogP contribution in [0.1, 0.15) is 108 Å². The lowest BCUT2D eigenvalue weighted by atomic mass is 9.81. The zero-order valence-electron chi connectivity index (χ0n) is 29.0. The molecular formula is C35H63N3O5. The van der Waals surface area contributed by atoms with Gasteiger partial charge in [-0.15, -0.1) is 0 Å². The quantitative estimate of drug-likeness (QED) is 0.172. The van der Waals surface area contributed by atoms with Crippen LogP contribution in [-0.2, 0) is 14.2 Å². The first kappa shape index (κ1) is 36.0. The topological polar surface area (TPSA) is 83.1 Å². The van der Waals surface area contributed by atoms with Crippen molar-refractivity contribution >= 4 is 0 Å². The second-order valence-electron chi connectivity index (χ2n) is 16.5. The van der Waals surface area contributed by atoms with E-state index in [0.717, 1.165) is 64.0 Å². The zero-order valence-corrected chi connectivity index (χ0v) is 29.0. The number of nitrogens with one attached hydrogen (secondary N) is 2. The van der Waals surface area contributed by atoms with Crippen LogP contribution in [0.2, 0.25) is 0 Å².